The predicted octanol–water partition coefficient (Wildman–Crippen LogP) is 3.49. The van der Waals surface area contributed by atoms with Crippen LogP contribution in [-0.2, 0) is 6.42 Å². The lowest BCUT2D eigenvalue weighted by atomic mass is 9.96. The Morgan fingerprint density at radius 1 is 1.11 bits per heavy atom. The fourth-order valence-electron chi connectivity index (χ4n) is 4.89. The third-order valence-electron chi connectivity index (χ3n) is 6.40. The number of anilines is 1. The Bertz CT molecular complexity index is 877. The van der Waals surface area contributed by atoms with E-state index in [2.05, 4.69) is 21.9 Å². The Morgan fingerprint density at radius 3 is 2.70 bits per heavy atom. The van der Waals surface area contributed by atoms with Gasteiger partial charge in [0.15, 0.2) is 5.82 Å². The van der Waals surface area contributed by atoms with Gasteiger partial charge in [-0.25, -0.2) is 0 Å². The number of fused-ring (bicyclic) bond motifs is 1. The summed E-state index contributed by atoms with van der Waals surface area (Å²) >= 11 is 0. The van der Waals surface area contributed by atoms with Crippen molar-refractivity contribution in [3.05, 3.63) is 34.9 Å². The molecule has 0 radical (unpaired) electrons. The zero-order chi connectivity index (χ0) is 18.5. The smallest absolute Gasteiger partial charge is 0.155 e. The molecule has 0 unspecified atom stereocenters. The summed E-state index contributed by atoms with van der Waals surface area (Å²) in [6.07, 6.45) is 6.00. The van der Waals surface area contributed by atoms with Crippen LogP contribution in [0.3, 0.4) is 0 Å². The number of aromatic hydroxyl groups is 1. The SMILES string of the molecule is Cc1ccc(-c2nnc3c(c2C2CC2)CCN3[C@@H]2CCCN(C)C2)c(O)c1. The first kappa shape index (κ1) is 17.0. The van der Waals surface area contributed by atoms with Gasteiger partial charge in [-0.3, -0.25) is 0 Å². The van der Waals surface area contributed by atoms with E-state index < -0.39 is 0 Å². The topological polar surface area (TPSA) is 52.5 Å². The maximum absolute atomic E-state index is 10.5. The number of likely N-dealkylation sites (N-methyl/N-ethyl adjacent to an activating group) is 1. The van der Waals surface area contributed by atoms with E-state index in [1.54, 1.807) is 0 Å². The lowest BCUT2D eigenvalue weighted by molar-refractivity contribution is 0.245. The number of phenolic OH excluding ortho intramolecular Hbond substituents is 1. The highest BCUT2D eigenvalue weighted by Crippen LogP contribution is 2.49. The molecule has 1 aromatic heterocycles. The summed E-state index contributed by atoms with van der Waals surface area (Å²) < 4.78 is 0. The van der Waals surface area contributed by atoms with Crippen LogP contribution in [0.4, 0.5) is 5.82 Å². The number of aromatic nitrogens is 2. The first-order chi connectivity index (χ1) is 13.1. The van der Waals surface area contributed by atoms with E-state index in [0.29, 0.717) is 17.7 Å². The fraction of sp³-hybridized carbons (Fsp3) is 0.545. The highest BCUT2D eigenvalue weighted by molar-refractivity contribution is 5.75. The summed E-state index contributed by atoms with van der Waals surface area (Å²) in [4.78, 5) is 4.93. The number of aryl methyl sites for hydroxylation is 1. The molecule has 5 heteroatoms. The van der Waals surface area contributed by atoms with E-state index in [1.807, 2.05) is 25.1 Å². The first-order valence-electron chi connectivity index (χ1n) is 10.3. The van der Waals surface area contributed by atoms with Crippen molar-refractivity contribution in [2.75, 3.05) is 31.6 Å². The minimum absolute atomic E-state index is 0.315. The summed E-state index contributed by atoms with van der Waals surface area (Å²) in [7, 11) is 2.22. The van der Waals surface area contributed by atoms with Crippen LogP contribution in [0.2, 0.25) is 0 Å². The third-order valence-corrected chi connectivity index (χ3v) is 6.40. The number of hydrogen-bond donors (Lipinski definition) is 1. The molecule has 27 heavy (non-hydrogen) atoms. The Morgan fingerprint density at radius 2 is 1.96 bits per heavy atom. The van der Waals surface area contributed by atoms with Gasteiger partial charge in [0.1, 0.15) is 11.4 Å². The maximum atomic E-state index is 10.5. The van der Waals surface area contributed by atoms with Gasteiger partial charge in [0, 0.05) is 30.3 Å². The molecule has 1 N–H and O–H groups in total. The molecular weight excluding hydrogens is 336 g/mol. The average molecular weight is 364 g/mol. The quantitative estimate of drug-likeness (QED) is 0.903. The van der Waals surface area contributed by atoms with E-state index in [9.17, 15) is 5.11 Å². The Kier molecular flexibility index (Phi) is 4.08. The van der Waals surface area contributed by atoms with Gasteiger partial charge in [-0.2, -0.15) is 0 Å². The number of hydrogen-bond acceptors (Lipinski definition) is 5. The van der Waals surface area contributed by atoms with E-state index in [1.165, 1.54) is 43.4 Å². The van der Waals surface area contributed by atoms with Crippen LogP contribution in [0, 0.1) is 6.92 Å². The van der Waals surface area contributed by atoms with Crippen molar-refractivity contribution in [1.29, 1.82) is 0 Å². The lowest BCUT2D eigenvalue weighted by Gasteiger charge is -2.36. The van der Waals surface area contributed by atoms with E-state index in [-0.39, 0.29) is 0 Å². The molecule has 1 saturated heterocycles. The number of nitrogens with zero attached hydrogens (tertiary/aromatic N) is 4. The molecule has 0 amide bonds. The molecule has 0 spiro atoms. The summed E-state index contributed by atoms with van der Waals surface area (Å²) in [5, 5.41) is 19.9. The van der Waals surface area contributed by atoms with Crippen LogP contribution in [0.25, 0.3) is 11.3 Å². The Labute approximate surface area is 161 Å². The van der Waals surface area contributed by atoms with Gasteiger partial charge >= 0.3 is 0 Å². The zero-order valence-electron chi connectivity index (χ0n) is 16.3. The normalized spacial score (nSPS) is 22.9. The van der Waals surface area contributed by atoms with Gasteiger partial charge in [0.25, 0.3) is 0 Å². The van der Waals surface area contributed by atoms with Crippen LogP contribution < -0.4 is 4.90 Å². The second-order valence-electron chi connectivity index (χ2n) is 8.56. The van der Waals surface area contributed by atoms with Gasteiger partial charge in [0.05, 0.1) is 0 Å². The minimum atomic E-state index is 0.315. The van der Waals surface area contributed by atoms with Crippen LogP contribution in [-0.4, -0.2) is 52.9 Å². The van der Waals surface area contributed by atoms with Crippen molar-refractivity contribution in [3.8, 4) is 17.0 Å². The first-order valence-corrected chi connectivity index (χ1v) is 10.3. The number of likely N-dealkylation sites (tertiary alicyclic amines) is 1. The molecule has 3 aliphatic rings. The standard InChI is InChI=1S/C22H28N4O/c1-14-5-8-17(19(27)12-14)21-20(15-6-7-15)18-9-11-26(22(18)24-23-21)16-4-3-10-25(2)13-16/h5,8,12,15-16,27H,3-4,6-7,9-11,13H2,1-2H3/t16-/m1/s1. The zero-order valence-corrected chi connectivity index (χ0v) is 16.3. The summed E-state index contributed by atoms with van der Waals surface area (Å²) in [5.41, 5.74) is 5.53. The van der Waals surface area contributed by atoms with Gasteiger partial charge in [0.2, 0.25) is 0 Å². The molecule has 142 valence electrons. The monoisotopic (exact) mass is 364 g/mol. The van der Waals surface area contributed by atoms with Crippen LogP contribution in [0.5, 0.6) is 5.75 Å². The molecule has 1 saturated carbocycles. The largest absolute Gasteiger partial charge is 0.507 e. The fourth-order valence-corrected chi connectivity index (χ4v) is 4.89. The van der Waals surface area contributed by atoms with Gasteiger partial charge < -0.3 is 14.9 Å². The highest BCUT2D eigenvalue weighted by Gasteiger charge is 2.37. The van der Waals surface area contributed by atoms with Crippen molar-refractivity contribution in [2.45, 2.75) is 51.0 Å². The highest BCUT2D eigenvalue weighted by atomic mass is 16.3. The van der Waals surface area contributed by atoms with Gasteiger partial charge in [-0.1, -0.05) is 6.07 Å². The number of rotatable bonds is 3. The number of piperidine rings is 1. The molecule has 1 aliphatic carbocycles. The third kappa shape index (κ3) is 2.98. The summed E-state index contributed by atoms with van der Waals surface area (Å²) in [6, 6.07) is 6.41. The summed E-state index contributed by atoms with van der Waals surface area (Å²) in [6.45, 7) is 5.35. The number of benzene rings is 1. The van der Waals surface area contributed by atoms with E-state index in [0.717, 1.165) is 42.1 Å². The van der Waals surface area contributed by atoms with Crippen molar-refractivity contribution in [3.63, 3.8) is 0 Å². The average Bonchev–Trinajstić information content (AvgIpc) is 3.39. The van der Waals surface area contributed by atoms with E-state index >= 15 is 0 Å². The second-order valence-corrected chi connectivity index (χ2v) is 8.56. The molecule has 2 fully saturated rings. The predicted molar refractivity (Wildman–Crippen MR) is 107 cm³/mol. The maximum Gasteiger partial charge on any atom is 0.155 e. The molecule has 5 nitrogen and oxygen atoms in total. The molecule has 0 bridgehead atoms. The lowest BCUT2D eigenvalue weighted by Crippen LogP contribution is -2.46. The van der Waals surface area contributed by atoms with Gasteiger partial charge in [-0.15, -0.1) is 10.2 Å². The van der Waals surface area contributed by atoms with Gasteiger partial charge in [-0.05, 0) is 81.8 Å². The van der Waals surface area contributed by atoms with Crippen molar-refractivity contribution in [1.82, 2.24) is 15.1 Å². The second kappa shape index (κ2) is 6.48. The van der Waals surface area contributed by atoms with Crippen LogP contribution >= 0.6 is 0 Å². The van der Waals surface area contributed by atoms with Crippen molar-refractivity contribution >= 4 is 5.82 Å². The van der Waals surface area contributed by atoms with E-state index in [4.69, 9.17) is 5.10 Å². The van der Waals surface area contributed by atoms with Crippen molar-refractivity contribution < 1.29 is 5.11 Å². The minimum Gasteiger partial charge on any atom is -0.507 e. The number of phenols is 1. The molecule has 5 rings (SSSR count). The molecule has 2 aromatic rings. The molecule has 3 heterocycles. The Balaban J connectivity index is 1.57. The van der Waals surface area contributed by atoms with Crippen LogP contribution in [0.15, 0.2) is 18.2 Å². The summed E-state index contributed by atoms with van der Waals surface area (Å²) in [5.74, 6) is 2.00. The molecular formula is C22H28N4O. The van der Waals surface area contributed by atoms with Crippen LogP contribution in [0.1, 0.15) is 48.3 Å². The molecule has 1 aromatic carbocycles. The Hall–Kier alpha value is -2.14. The molecule has 2 aliphatic heterocycles. The van der Waals surface area contributed by atoms with Crippen molar-refractivity contribution in [2.24, 2.45) is 0 Å². The molecule has 1 atom stereocenters.